The van der Waals surface area contributed by atoms with Crippen molar-refractivity contribution < 1.29 is 0 Å². The molecule has 0 aliphatic rings. The van der Waals surface area contributed by atoms with Crippen molar-refractivity contribution in [3.8, 4) is 11.3 Å². The maximum atomic E-state index is 3.65. The minimum Gasteiger partial charge on any atom is -0.359 e. The highest BCUT2D eigenvalue weighted by Crippen LogP contribution is 2.42. The third-order valence-electron chi connectivity index (χ3n) is 3.44. The summed E-state index contributed by atoms with van der Waals surface area (Å²) in [7, 11) is 0. The van der Waals surface area contributed by atoms with Gasteiger partial charge < -0.3 is 4.98 Å². The highest BCUT2D eigenvalue weighted by molar-refractivity contribution is 9.13. The number of aromatic amines is 1. The van der Waals surface area contributed by atoms with Gasteiger partial charge >= 0.3 is 0 Å². The van der Waals surface area contributed by atoms with Gasteiger partial charge in [0.05, 0.1) is 10.2 Å². The average molecular weight is 407 g/mol. The van der Waals surface area contributed by atoms with Crippen LogP contribution in [0.3, 0.4) is 0 Å². The molecule has 4 aromatic rings. The first-order valence-corrected chi connectivity index (χ1v) is 8.59. The van der Waals surface area contributed by atoms with E-state index in [4.69, 9.17) is 0 Å². The van der Waals surface area contributed by atoms with Crippen LogP contribution < -0.4 is 0 Å². The fourth-order valence-corrected chi connectivity index (χ4v) is 4.45. The lowest BCUT2D eigenvalue weighted by atomic mass is 10.0. The normalized spacial score (nSPS) is 11.5. The number of benzene rings is 2. The van der Waals surface area contributed by atoms with Crippen molar-refractivity contribution in [2.75, 3.05) is 0 Å². The van der Waals surface area contributed by atoms with Gasteiger partial charge in [-0.25, -0.2) is 0 Å². The molecule has 4 rings (SSSR count). The zero-order chi connectivity index (χ0) is 13.7. The Kier molecular flexibility index (Phi) is 2.98. The van der Waals surface area contributed by atoms with Crippen LogP contribution in [0.5, 0.6) is 0 Å². The second-order valence-corrected chi connectivity index (χ2v) is 7.33. The molecule has 0 amide bonds. The lowest BCUT2D eigenvalue weighted by Gasteiger charge is -2.03. The van der Waals surface area contributed by atoms with Crippen molar-refractivity contribution in [2.45, 2.75) is 0 Å². The highest BCUT2D eigenvalue weighted by atomic mass is 79.9. The summed E-state index contributed by atoms with van der Waals surface area (Å²) in [4.78, 5) is 3.35. The molecule has 0 fully saturated rings. The first-order valence-electron chi connectivity index (χ1n) is 6.18. The molecule has 20 heavy (non-hydrogen) atoms. The predicted octanol–water partition coefficient (Wildman–Crippen LogP) is 6.57. The number of nitrogens with one attached hydrogen (secondary N) is 1. The lowest BCUT2D eigenvalue weighted by molar-refractivity contribution is 1.40. The molecular formula is C16H9Br2NS. The van der Waals surface area contributed by atoms with Gasteiger partial charge in [-0.2, -0.15) is 0 Å². The molecule has 0 saturated heterocycles. The summed E-state index contributed by atoms with van der Waals surface area (Å²) in [5, 5.41) is 2.64. The third kappa shape index (κ3) is 1.79. The molecule has 0 spiro atoms. The van der Waals surface area contributed by atoms with Gasteiger partial charge in [0.25, 0.3) is 0 Å². The first-order chi connectivity index (χ1) is 9.75. The van der Waals surface area contributed by atoms with Crippen molar-refractivity contribution in [3.63, 3.8) is 0 Å². The van der Waals surface area contributed by atoms with E-state index in [9.17, 15) is 0 Å². The monoisotopic (exact) mass is 405 g/mol. The van der Waals surface area contributed by atoms with Crippen LogP contribution in [0.15, 0.2) is 57.6 Å². The van der Waals surface area contributed by atoms with Crippen molar-refractivity contribution >= 4 is 63.4 Å². The van der Waals surface area contributed by atoms with Crippen LogP contribution in [0.25, 0.3) is 31.4 Å². The molecular weight excluding hydrogens is 398 g/mol. The predicted molar refractivity (Wildman–Crippen MR) is 94.5 cm³/mol. The van der Waals surface area contributed by atoms with Crippen LogP contribution in [0, 0.1) is 0 Å². The van der Waals surface area contributed by atoms with Crippen LogP contribution in [0.2, 0.25) is 0 Å². The molecule has 2 aromatic carbocycles. The number of fused-ring (bicyclic) bond motifs is 3. The van der Waals surface area contributed by atoms with E-state index in [1.165, 1.54) is 25.7 Å². The number of hydrogen-bond acceptors (Lipinski definition) is 1. The second-order valence-electron chi connectivity index (χ2n) is 4.60. The second kappa shape index (κ2) is 4.72. The number of thiophene rings is 1. The Bertz CT molecular complexity index is 936. The fraction of sp³-hybridized carbons (Fsp3) is 0. The van der Waals surface area contributed by atoms with Crippen molar-refractivity contribution in [1.29, 1.82) is 0 Å². The zero-order valence-corrected chi connectivity index (χ0v) is 14.3. The van der Waals surface area contributed by atoms with Gasteiger partial charge in [0.1, 0.15) is 0 Å². The van der Waals surface area contributed by atoms with E-state index in [2.05, 4.69) is 79.3 Å². The summed E-state index contributed by atoms with van der Waals surface area (Å²) in [5.41, 5.74) is 2.35. The third-order valence-corrected chi connectivity index (χ3v) is 6.56. The molecule has 0 atom stereocenters. The summed E-state index contributed by atoms with van der Waals surface area (Å²) in [5.74, 6) is 0. The molecule has 0 unspecified atom stereocenters. The lowest BCUT2D eigenvalue weighted by Crippen LogP contribution is -1.80. The summed E-state index contributed by atoms with van der Waals surface area (Å²) in [6, 6.07) is 15.1. The topological polar surface area (TPSA) is 15.8 Å². The number of aromatic nitrogens is 1. The van der Waals surface area contributed by atoms with E-state index in [1.54, 1.807) is 0 Å². The summed E-state index contributed by atoms with van der Waals surface area (Å²) < 4.78 is 4.77. The maximum absolute atomic E-state index is 3.65. The summed E-state index contributed by atoms with van der Waals surface area (Å²) in [6.07, 6.45) is 1.97. The van der Waals surface area contributed by atoms with Gasteiger partial charge in [-0.05, 0) is 44.0 Å². The first kappa shape index (κ1) is 12.6. The van der Waals surface area contributed by atoms with Crippen LogP contribution in [-0.2, 0) is 0 Å². The van der Waals surface area contributed by atoms with Crippen molar-refractivity contribution in [3.05, 3.63) is 57.6 Å². The van der Waals surface area contributed by atoms with Crippen LogP contribution in [-0.4, -0.2) is 4.98 Å². The molecule has 0 bridgehead atoms. The van der Waals surface area contributed by atoms with Crippen LogP contribution in [0.4, 0.5) is 0 Å². The average Bonchev–Trinajstić information content (AvgIpc) is 3.00. The van der Waals surface area contributed by atoms with Gasteiger partial charge in [0.15, 0.2) is 0 Å². The fourth-order valence-electron chi connectivity index (χ4n) is 2.56. The molecule has 2 heterocycles. The zero-order valence-electron chi connectivity index (χ0n) is 10.3. The highest BCUT2D eigenvalue weighted by Gasteiger charge is 2.14. The Morgan fingerprint density at radius 1 is 0.900 bits per heavy atom. The molecule has 1 nitrogen and oxygen atoms in total. The minimum absolute atomic E-state index is 1.05. The summed E-state index contributed by atoms with van der Waals surface area (Å²) >= 11 is 9.03. The van der Waals surface area contributed by atoms with E-state index in [1.807, 2.05) is 17.5 Å². The number of hydrogen-bond donors (Lipinski definition) is 1. The van der Waals surface area contributed by atoms with Gasteiger partial charge in [-0.3, -0.25) is 0 Å². The Morgan fingerprint density at radius 3 is 2.50 bits per heavy atom. The Hall–Kier alpha value is -1.10. The Labute approximate surface area is 136 Å². The van der Waals surface area contributed by atoms with Crippen LogP contribution >= 0.6 is 43.2 Å². The molecule has 0 radical (unpaired) electrons. The Balaban J connectivity index is 2.16. The van der Waals surface area contributed by atoms with Crippen molar-refractivity contribution in [2.24, 2.45) is 0 Å². The largest absolute Gasteiger partial charge is 0.359 e. The van der Waals surface area contributed by atoms with Gasteiger partial charge in [0.2, 0.25) is 0 Å². The molecule has 0 aliphatic heterocycles. The SMILES string of the molecule is Brc1c[nH]c(-c2cccc3sc4ccccc4c23)c1Br. The summed E-state index contributed by atoms with van der Waals surface area (Å²) in [6.45, 7) is 0. The van der Waals surface area contributed by atoms with E-state index in [0.717, 1.165) is 14.6 Å². The number of halogens is 2. The maximum Gasteiger partial charge on any atom is 0.0617 e. The van der Waals surface area contributed by atoms with Gasteiger partial charge in [-0.1, -0.05) is 30.3 Å². The van der Waals surface area contributed by atoms with Crippen molar-refractivity contribution in [1.82, 2.24) is 4.98 Å². The Morgan fingerprint density at radius 2 is 1.70 bits per heavy atom. The quantitative estimate of drug-likeness (QED) is 0.367. The smallest absolute Gasteiger partial charge is 0.0617 e. The molecule has 1 N–H and O–H groups in total. The molecule has 0 saturated carbocycles. The number of rotatable bonds is 1. The minimum atomic E-state index is 1.05. The van der Waals surface area contributed by atoms with E-state index < -0.39 is 0 Å². The van der Waals surface area contributed by atoms with E-state index >= 15 is 0 Å². The number of H-pyrrole nitrogens is 1. The van der Waals surface area contributed by atoms with E-state index in [0.29, 0.717) is 0 Å². The molecule has 0 aliphatic carbocycles. The van der Waals surface area contributed by atoms with Crippen LogP contribution in [0.1, 0.15) is 0 Å². The molecule has 4 heteroatoms. The van der Waals surface area contributed by atoms with Gasteiger partial charge in [-0.15, -0.1) is 11.3 Å². The van der Waals surface area contributed by atoms with Gasteiger partial charge in [0, 0.05) is 36.4 Å². The van der Waals surface area contributed by atoms with E-state index in [-0.39, 0.29) is 0 Å². The molecule has 98 valence electrons. The standard InChI is InChI=1S/C16H9Br2NS/c17-11-8-19-16(15(11)18)10-5-3-7-13-14(10)9-4-1-2-6-12(9)20-13/h1-8,19H. The molecule has 2 aromatic heterocycles.